The number of piperidine rings is 1. The number of nitrogens with two attached hydrogens (primary N) is 1. The smallest absolute Gasteiger partial charge is 0.150 e. The van der Waals surface area contributed by atoms with Crippen LogP contribution >= 0.6 is 0 Å². The number of nitrogens with zero attached hydrogens (tertiary/aromatic N) is 5. The number of hydrogen-bond donors (Lipinski definition) is 3. The van der Waals surface area contributed by atoms with Gasteiger partial charge in [-0.15, -0.1) is 0 Å². The maximum Gasteiger partial charge on any atom is 0.150 e. The van der Waals surface area contributed by atoms with E-state index in [1.54, 1.807) is 12.5 Å². The molecule has 8 heteroatoms. The Morgan fingerprint density at radius 1 is 1.00 bits per heavy atom. The average Bonchev–Trinajstić information content (AvgIpc) is 2.79. The van der Waals surface area contributed by atoms with Gasteiger partial charge in [0.1, 0.15) is 29.6 Å². The highest BCUT2D eigenvalue weighted by molar-refractivity contribution is 5.55. The molecular formula is C16H22N8. The van der Waals surface area contributed by atoms with Crippen LogP contribution in [0.25, 0.3) is 0 Å². The van der Waals surface area contributed by atoms with E-state index in [4.69, 9.17) is 5.73 Å². The van der Waals surface area contributed by atoms with Gasteiger partial charge in [0.15, 0.2) is 0 Å². The Balaban J connectivity index is 1.42. The number of nitrogen functional groups attached to an aromatic ring is 1. The molecule has 126 valence electrons. The third-order valence-corrected chi connectivity index (χ3v) is 5.05. The molecule has 4 rings (SSSR count). The van der Waals surface area contributed by atoms with Gasteiger partial charge in [-0.3, -0.25) is 0 Å². The van der Waals surface area contributed by atoms with Crippen LogP contribution in [0.15, 0.2) is 24.8 Å². The van der Waals surface area contributed by atoms with Gasteiger partial charge >= 0.3 is 0 Å². The van der Waals surface area contributed by atoms with Crippen LogP contribution in [-0.2, 0) is 0 Å². The van der Waals surface area contributed by atoms with E-state index in [1.807, 2.05) is 6.07 Å². The fourth-order valence-corrected chi connectivity index (χ4v) is 3.78. The van der Waals surface area contributed by atoms with Crippen molar-refractivity contribution in [2.24, 2.45) is 0 Å². The van der Waals surface area contributed by atoms with Crippen LogP contribution in [0, 0.1) is 0 Å². The molecule has 2 aromatic heterocycles. The second-order valence-corrected chi connectivity index (χ2v) is 6.60. The fourth-order valence-electron chi connectivity index (χ4n) is 3.78. The van der Waals surface area contributed by atoms with Gasteiger partial charge in [0.25, 0.3) is 0 Å². The molecule has 0 aliphatic carbocycles. The van der Waals surface area contributed by atoms with Gasteiger partial charge in [0, 0.05) is 24.2 Å². The molecule has 2 unspecified atom stereocenters. The van der Waals surface area contributed by atoms with E-state index in [0.29, 0.717) is 35.6 Å². The molecule has 2 fully saturated rings. The van der Waals surface area contributed by atoms with Crippen molar-refractivity contribution in [3.63, 3.8) is 0 Å². The van der Waals surface area contributed by atoms with E-state index < -0.39 is 0 Å². The summed E-state index contributed by atoms with van der Waals surface area (Å²) in [5.74, 6) is 2.51. The maximum atomic E-state index is 5.55. The van der Waals surface area contributed by atoms with E-state index in [2.05, 4.69) is 42.5 Å². The Kier molecular flexibility index (Phi) is 3.89. The first-order chi connectivity index (χ1) is 11.7. The number of anilines is 4. The predicted molar refractivity (Wildman–Crippen MR) is 93.0 cm³/mol. The lowest BCUT2D eigenvalue weighted by Crippen LogP contribution is -2.44. The second kappa shape index (κ2) is 6.20. The summed E-state index contributed by atoms with van der Waals surface area (Å²) < 4.78 is 0. The molecule has 0 radical (unpaired) electrons. The Morgan fingerprint density at radius 2 is 1.75 bits per heavy atom. The molecule has 0 aromatic carbocycles. The van der Waals surface area contributed by atoms with E-state index in [0.717, 1.165) is 5.82 Å². The van der Waals surface area contributed by atoms with Crippen molar-refractivity contribution in [2.45, 2.75) is 43.8 Å². The minimum Gasteiger partial charge on any atom is -0.382 e. The summed E-state index contributed by atoms with van der Waals surface area (Å²) in [5.41, 5.74) is 5.55. The zero-order chi connectivity index (χ0) is 16.5. The summed E-state index contributed by atoms with van der Waals surface area (Å²) in [6.45, 7) is 0. The number of hydrogen-bond acceptors (Lipinski definition) is 8. The Hall–Kier alpha value is -2.48. The molecule has 4 heterocycles. The zero-order valence-corrected chi connectivity index (χ0v) is 13.7. The summed E-state index contributed by atoms with van der Waals surface area (Å²) in [6.07, 6.45) is 9.61. The zero-order valence-electron chi connectivity index (χ0n) is 13.7. The third-order valence-electron chi connectivity index (χ3n) is 5.05. The SMILES string of the molecule is CN1C2CCC1CC(Nc1cc(Nc3cnc(N)cn3)ncn1)C2. The molecule has 2 aromatic rings. The van der Waals surface area contributed by atoms with Crippen LogP contribution in [0.5, 0.6) is 0 Å². The third kappa shape index (κ3) is 3.09. The van der Waals surface area contributed by atoms with Crippen molar-refractivity contribution in [1.29, 1.82) is 0 Å². The lowest BCUT2D eigenvalue weighted by atomic mass is 9.98. The summed E-state index contributed by atoms with van der Waals surface area (Å²) in [5, 5.41) is 6.68. The summed E-state index contributed by atoms with van der Waals surface area (Å²) in [7, 11) is 2.25. The molecule has 2 atom stereocenters. The van der Waals surface area contributed by atoms with Crippen molar-refractivity contribution in [2.75, 3.05) is 23.4 Å². The molecule has 0 saturated carbocycles. The van der Waals surface area contributed by atoms with Crippen LogP contribution in [0.2, 0.25) is 0 Å². The van der Waals surface area contributed by atoms with E-state index in [9.17, 15) is 0 Å². The van der Waals surface area contributed by atoms with Gasteiger partial charge < -0.3 is 21.3 Å². The highest BCUT2D eigenvalue weighted by atomic mass is 15.2. The van der Waals surface area contributed by atoms with Crippen molar-refractivity contribution in [3.05, 3.63) is 24.8 Å². The van der Waals surface area contributed by atoms with Gasteiger partial charge in [-0.2, -0.15) is 0 Å². The first-order valence-electron chi connectivity index (χ1n) is 8.32. The Bertz CT molecular complexity index is 689. The highest BCUT2D eigenvalue weighted by Crippen LogP contribution is 2.35. The molecule has 2 bridgehead atoms. The molecule has 0 spiro atoms. The summed E-state index contributed by atoms with van der Waals surface area (Å²) >= 11 is 0. The van der Waals surface area contributed by atoms with Gasteiger partial charge in [-0.25, -0.2) is 19.9 Å². The standard InChI is InChI=1S/C16H22N8/c1-24-11-2-3-12(24)5-10(4-11)22-14-6-15(21-9-20-14)23-16-8-18-13(17)7-19-16/h6-12H,2-5H2,1H3,(H2,17,18)(H2,19,20,21,22,23). The predicted octanol–water partition coefficient (Wildman–Crippen LogP) is 1.63. The second-order valence-electron chi connectivity index (χ2n) is 6.60. The van der Waals surface area contributed by atoms with Gasteiger partial charge in [-0.05, 0) is 32.7 Å². The lowest BCUT2D eigenvalue weighted by molar-refractivity contribution is 0.169. The molecule has 2 aliphatic rings. The fraction of sp³-hybridized carbons (Fsp3) is 0.500. The lowest BCUT2D eigenvalue weighted by Gasteiger charge is -2.36. The van der Waals surface area contributed by atoms with Gasteiger partial charge in [0.05, 0.1) is 12.4 Å². The largest absolute Gasteiger partial charge is 0.382 e. The van der Waals surface area contributed by atoms with Gasteiger partial charge in [-0.1, -0.05) is 0 Å². The monoisotopic (exact) mass is 326 g/mol. The topological polar surface area (TPSA) is 105 Å². The number of nitrogens with one attached hydrogen (secondary N) is 2. The Labute approximate surface area is 140 Å². The van der Waals surface area contributed by atoms with Crippen molar-refractivity contribution in [1.82, 2.24) is 24.8 Å². The molecular weight excluding hydrogens is 304 g/mol. The number of fused-ring (bicyclic) bond motifs is 2. The molecule has 4 N–H and O–H groups in total. The van der Waals surface area contributed by atoms with Crippen molar-refractivity contribution < 1.29 is 0 Å². The summed E-state index contributed by atoms with van der Waals surface area (Å²) in [6, 6.07) is 3.77. The average molecular weight is 326 g/mol. The highest BCUT2D eigenvalue weighted by Gasteiger charge is 2.38. The molecule has 8 nitrogen and oxygen atoms in total. The van der Waals surface area contributed by atoms with E-state index in [1.165, 1.54) is 31.9 Å². The van der Waals surface area contributed by atoms with Crippen LogP contribution in [0.3, 0.4) is 0 Å². The van der Waals surface area contributed by atoms with Crippen molar-refractivity contribution in [3.8, 4) is 0 Å². The van der Waals surface area contributed by atoms with Crippen LogP contribution in [0.4, 0.5) is 23.3 Å². The van der Waals surface area contributed by atoms with Crippen molar-refractivity contribution >= 4 is 23.3 Å². The normalized spacial score (nSPS) is 26.3. The van der Waals surface area contributed by atoms with Crippen LogP contribution < -0.4 is 16.4 Å². The Morgan fingerprint density at radius 3 is 2.46 bits per heavy atom. The molecule has 0 amide bonds. The van der Waals surface area contributed by atoms with Crippen LogP contribution in [0.1, 0.15) is 25.7 Å². The minimum absolute atomic E-state index is 0.391. The molecule has 2 aliphatic heterocycles. The van der Waals surface area contributed by atoms with E-state index >= 15 is 0 Å². The maximum absolute atomic E-state index is 5.55. The minimum atomic E-state index is 0.391. The number of rotatable bonds is 4. The van der Waals surface area contributed by atoms with Crippen LogP contribution in [-0.4, -0.2) is 50.0 Å². The molecule has 2 saturated heterocycles. The first kappa shape index (κ1) is 15.1. The molecule has 24 heavy (non-hydrogen) atoms. The van der Waals surface area contributed by atoms with E-state index in [-0.39, 0.29) is 0 Å². The summed E-state index contributed by atoms with van der Waals surface area (Å²) in [4.78, 5) is 19.3. The van der Waals surface area contributed by atoms with Gasteiger partial charge in [0.2, 0.25) is 0 Å². The first-order valence-corrected chi connectivity index (χ1v) is 8.32. The number of aromatic nitrogens is 4. The quantitative estimate of drug-likeness (QED) is 0.778.